The zero-order valence-corrected chi connectivity index (χ0v) is 12.4. The fourth-order valence-electron chi connectivity index (χ4n) is 2.52. The van der Waals surface area contributed by atoms with Crippen LogP contribution >= 0.6 is 11.3 Å². The highest BCUT2D eigenvalue weighted by Gasteiger charge is 2.42. The van der Waals surface area contributed by atoms with Crippen LogP contribution in [0.25, 0.3) is 0 Å². The fraction of sp³-hybridized carbons (Fsp3) is 0.429. The van der Waals surface area contributed by atoms with E-state index in [1.54, 1.807) is 4.90 Å². The summed E-state index contributed by atoms with van der Waals surface area (Å²) < 4.78 is 10.4. The minimum Gasteiger partial charge on any atom is -0.456 e. The Balaban J connectivity index is 1.91. The molecular formula is C14H16N2O4S. The molecule has 1 atom stereocenters. The molecule has 0 saturated heterocycles. The molecular weight excluding hydrogens is 292 g/mol. The van der Waals surface area contributed by atoms with Crippen molar-refractivity contribution in [2.24, 2.45) is 0 Å². The molecule has 3 rings (SSSR count). The first-order valence-electron chi connectivity index (χ1n) is 6.81. The summed E-state index contributed by atoms with van der Waals surface area (Å²) in [5, 5.41) is 4.80. The van der Waals surface area contributed by atoms with Crippen molar-refractivity contribution in [2.75, 3.05) is 26.4 Å². The standard InChI is InChI=1S/C14H16N2O4S/c1-2-19-6-5-16-9-8-20-13(17)11(9)12(15-14(16)18)10-4-3-7-21-10/h3-4,7,12H,2,5-6,8H2,1H3,(H,15,18)/t12-/m0/s1. The number of esters is 1. The number of rotatable bonds is 5. The van der Waals surface area contributed by atoms with Gasteiger partial charge in [-0.2, -0.15) is 0 Å². The number of nitrogens with zero attached hydrogens (tertiary/aromatic N) is 1. The van der Waals surface area contributed by atoms with Crippen molar-refractivity contribution < 1.29 is 19.1 Å². The zero-order chi connectivity index (χ0) is 14.8. The number of hydrogen-bond donors (Lipinski definition) is 1. The van der Waals surface area contributed by atoms with Crippen LogP contribution in [-0.4, -0.2) is 43.3 Å². The van der Waals surface area contributed by atoms with Gasteiger partial charge in [0.25, 0.3) is 0 Å². The number of hydrogen-bond acceptors (Lipinski definition) is 5. The number of urea groups is 1. The third kappa shape index (κ3) is 2.54. The Morgan fingerprint density at radius 1 is 1.52 bits per heavy atom. The maximum absolute atomic E-state index is 12.3. The Bertz CT molecular complexity index is 582. The Morgan fingerprint density at radius 2 is 2.38 bits per heavy atom. The molecule has 2 aliphatic rings. The smallest absolute Gasteiger partial charge is 0.338 e. The summed E-state index contributed by atoms with van der Waals surface area (Å²) in [6.45, 7) is 3.48. The molecule has 7 heteroatoms. The van der Waals surface area contributed by atoms with Gasteiger partial charge in [-0.05, 0) is 18.4 Å². The third-order valence-corrected chi connectivity index (χ3v) is 4.43. The lowest BCUT2D eigenvalue weighted by molar-refractivity contribution is -0.136. The van der Waals surface area contributed by atoms with Crippen molar-refractivity contribution in [1.82, 2.24) is 10.2 Å². The van der Waals surface area contributed by atoms with E-state index in [0.717, 1.165) is 4.88 Å². The topological polar surface area (TPSA) is 67.9 Å². The summed E-state index contributed by atoms with van der Waals surface area (Å²) in [4.78, 5) is 26.8. The molecule has 0 spiro atoms. The summed E-state index contributed by atoms with van der Waals surface area (Å²) in [6.07, 6.45) is 0. The Kier molecular flexibility index (Phi) is 3.94. The first kappa shape index (κ1) is 14.1. The van der Waals surface area contributed by atoms with Gasteiger partial charge in [0.1, 0.15) is 6.61 Å². The number of cyclic esters (lactones) is 1. The summed E-state index contributed by atoms with van der Waals surface area (Å²) in [5.74, 6) is -0.357. The first-order valence-corrected chi connectivity index (χ1v) is 7.69. The Labute approximate surface area is 126 Å². The van der Waals surface area contributed by atoms with Crippen LogP contribution < -0.4 is 5.32 Å². The second kappa shape index (κ2) is 5.87. The van der Waals surface area contributed by atoms with Gasteiger partial charge in [-0.15, -0.1) is 11.3 Å². The first-order chi connectivity index (χ1) is 10.2. The highest BCUT2D eigenvalue weighted by molar-refractivity contribution is 7.10. The summed E-state index contributed by atoms with van der Waals surface area (Å²) in [7, 11) is 0. The lowest BCUT2D eigenvalue weighted by Gasteiger charge is -2.32. The molecule has 2 aliphatic heterocycles. The zero-order valence-electron chi connectivity index (χ0n) is 11.6. The number of nitrogens with one attached hydrogen (secondary N) is 1. The van der Waals surface area contributed by atoms with E-state index < -0.39 is 6.04 Å². The van der Waals surface area contributed by atoms with Crippen molar-refractivity contribution in [3.8, 4) is 0 Å². The second-order valence-corrected chi connectivity index (χ2v) is 5.66. The van der Waals surface area contributed by atoms with E-state index in [4.69, 9.17) is 9.47 Å². The van der Waals surface area contributed by atoms with Gasteiger partial charge in [-0.3, -0.25) is 4.90 Å². The molecule has 1 aromatic heterocycles. The number of carbonyl (C=O) groups excluding carboxylic acids is 2. The van der Waals surface area contributed by atoms with Crippen LogP contribution in [0.2, 0.25) is 0 Å². The second-order valence-electron chi connectivity index (χ2n) is 4.68. The van der Waals surface area contributed by atoms with Crippen molar-refractivity contribution in [3.05, 3.63) is 33.7 Å². The average Bonchev–Trinajstić information content (AvgIpc) is 3.11. The molecule has 0 bridgehead atoms. The molecule has 0 aliphatic carbocycles. The van der Waals surface area contributed by atoms with Crippen LogP contribution in [0.4, 0.5) is 4.79 Å². The van der Waals surface area contributed by atoms with Crippen LogP contribution in [0, 0.1) is 0 Å². The molecule has 0 saturated carbocycles. The van der Waals surface area contributed by atoms with E-state index >= 15 is 0 Å². The molecule has 0 unspecified atom stereocenters. The molecule has 0 radical (unpaired) electrons. The average molecular weight is 308 g/mol. The van der Waals surface area contributed by atoms with Gasteiger partial charge in [0.05, 0.1) is 30.5 Å². The van der Waals surface area contributed by atoms with Crippen LogP contribution in [-0.2, 0) is 14.3 Å². The molecule has 112 valence electrons. The van der Waals surface area contributed by atoms with Crippen LogP contribution in [0.15, 0.2) is 28.8 Å². The van der Waals surface area contributed by atoms with Crippen molar-refractivity contribution in [3.63, 3.8) is 0 Å². The largest absolute Gasteiger partial charge is 0.456 e. The number of amides is 2. The number of carbonyl (C=O) groups is 2. The summed E-state index contributed by atoms with van der Waals surface area (Å²) in [5.41, 5.74) is 1.19. The number of ether oxygens (including phenoxy) is 2. The summed E-state index contributed by atoms with van der Waals surface area (Å²) >= 11 is 1.51. The summed E-state index contributed by atoms with van der Waals surface area (Å²) in [6, 6.07) is 3.17. The van der Waals surface area contributed by atoms with Gasteiger partial charge in [0, 0.05) is 11.5 Å². The molecule has 3 heterocycles. The molecule has 1 aromatic rings. The van der Waals surface area contributed by atoms with Gasteiger partial charge >= 0.3 is 12.0 Å². The van der Waals surface area contributed by atoms with E-state index in [0.29, 0.717) is 31.0 Å². The maximum Gasteiger partial charge on any atom is 0.338 e. The Morgan fingerprint density at radius 3 is 3.10 bits per heavy atom. The minimum atomic E-state index is -0.411. The highest BCUT2D eigenvalue weighted by Crippen LogP contribution is 2.36. The van der Waals surface area contributed by atoms with Crippen LogP contribution in [0.5, 0.6) is 0 Å². The predicted molar refractivity (Wildman–Crippen MR) is 76.8 cm³/mol. The van der Waals surface area contributed by atoms with E-state index in [2.05, 4.69) is 5.32 Å². The number of thiophene rings is 1. The van der Waals surface area contributed by atoms with E-state index in [9.17, 15) is 9.59 Å². The molecule has 6 nitrogen and oxygen atoms in total. The maximum atomic E-state index is 12.3. The predicted octanol–water partition coefficient (Wildman–Crippen LogP) is 1.66. The Hall–Kier alpha value is -1.86. The molecule has 2 amide bonds. The van der Waals surface area contributed by atoms with E-state index in [1.165, 1.54) is 11.3 Å². The van der Waals surface area contributed by atoms with Crippen molar-refractivity contribution in [1.29, 1.82) is 0 Å². The van der Waals surface area contributed by atoms with Gasteiger partial charge in [-0.1, -0.05) is 6.07 Å². The molecule has 1 N–H and O–H groups in total. The molecule has 21 heavy (non-hydrogen) atoms. The highest BCUT2D eigenvalue weighted by atomic mass is 32.1. The SMILES string of the molecule is CCOCCN1C(=O)N[C@@H](c2cccs2)C2=C1COC2=O. The van der Waals surface area contributed by atoms with Gasteiger partial charge in [0.2, 0.25) is 0 Å². The fourth-order valence-corrected chi connectivity index (χ4v) is 3.30. The van der Waals surface area contributed by atoms with Crippen LogP contribution in [0.3, 0.4) is 0 Å². The molecule has 0 fully saturated rings. The van der Waals surface area contributed by atoms with Crippen LogP contribution in [0.1, 0.15) is 17.8 Å². The van der Waals surface area contributed by atoms with Crippen molar-refractivity contribution >= 4 is 23.3 Å². The van der Waals surface area contributed by atoms with Gasteiger partial charge in [-0.25, -0.2) is 9.59 Å². The van der Waals surface area contributed by atoms with E-state index in [-0.39, 0.29) is 18.6 Å². The quantitative estimate of drug-likeness (QED) is 0.663. The van der Waals surface area contributed by atoms with Gasteiger partial charge in [0.15, 0.2) is 0 Å². The normalized spacial score (nSPS) is 21.4. The lowest BCUT2D eigenvalue weighted by Crippen LogP contribution is -2.48. The molecule has 0 aromatic carbocycles. The third-order valence-electron chi connectivity index (χ3n) is 3.49. The van der Waals surface area contributed by atoms with Crippen molar-refractivity contribution in [2.45, 2.75) is 13.0 Å². The minimum absolute atomic E-state index is 0.148. The monoisotopic (exact) mass is 308 g/mol. The lowest BCUT2D eigenvalue weighted by atomic mass is 10.0. The van der Waals surface area contributed by atoms with Gasteiger partial charge < -0.3 is 14.8 Å². The van der Waals surface area contributed by atoms with E-state index in [1.807, 2.05) is 24.4 Å².